The first-order valence-electron chi connectivity index (χ1n) is 6.87. The van der Waals surface area contributed by atoms with Crippen LogP contribution < -0.4 is 5.32 Å². The minimum absolute atomic E-state index is 0.0151. The van der Waals surface area contributed by atoms with Crippen LogP contribution in [0.25, 0.3) is 0 Å². The molecule has 1 N–H and O–H groups in total. The van der Waals surface area contributed by atoms with Gasteiger partial charge in [-0.25, -0.2) is 4.99 Å². The van der Waals surface area contributed by atoms with Crippen molar-refractivity contribution in [3.05, 3.63) is 46.9 Å². The van der Waals surface area contributed by atoms with Gasteiger partial charge in [0.15, 0.2) is 5.17 Å². The summed E-state index contributed by atoms with van der Waals surface area (Å²) in [5.74, 6) is -2.34. The van der Waals surface area contributed by atoms with E-state index in [1.807, 2.05) is 0 Å². The molecule has 1 atom stereocenters. The topological polar surface area (TPSA) is 61.8 Å². The van der Waals surface area contributed by atoms with E-state index in [1.165, 1.54) is 12.1 Å². The summed E-state index contributed by atoms with van der Waals surface area (Å²) in [4.78, 5) is 29.5. The molecule has 2 amide bonds. The lowest BCUT2D eigenvalue weighted by Gasteiger charge is -2.28. The summed E-state index contributed by atoms with van der Waals surface area (Å²) in [6.07, 6.45) is -5.07. The highest BCUT2D eigenvalue weighted by Gasteiger charge is 2.68. The molecule has 0 bridgehead atoms. The van der Waals surface area contributed by atoms with Crippen LogP contribution in [0.4, 0.5) is 13.2 Å². The van der Waals surface area contributed by atoms with Crippen LogP contribution in [0.2, 0.25) is 0 Å². The summed E-state index contributed by atoms with van der Waals surface area (Å²) in [7, 11) is 0. The van der Waals surface area contributed by atoms with Crippen LogP contribution >= 0.6 is 11.8 Å². The molecule has 3 rings (SSSR count). The van der Waals surface area contributed by atoms with Crippen molar-refractivity contribution in [1.82, 2.24) is 10.2 Å². The van der Waals surface area contributed by atoms with Crippen LogP contribution in [-0.4, -0.2) is 40.3 Å². The lowest BCUT2D eigenvalue weighted by molar-refractivity contribution is -0.196. The van der Waals surface area contributed by atoms with Gasteiger partial charge in [-0.2, -0.15) is 13.2 Å². The Balaban J connectivity index is 1.97. The molecule has 0 aliphatic carbocycles. The Hall–Kier alpha value is -2.29. The van der Waals surface area contributed by atoms with Gasteiger partial charge < -0.3 is 5.32 Å². The molecule has 0 aromatic heterocycles. The smallest absolute Gasteiger partial charge is 0.312 e. The van der Waals surface area contributed by atoms with E-state index in [4.69, 9.17) is 0 Å². The maximum absolute atomic E-state index is 13.6. The van der Waals surface area contributed by atoms with E-state index in [-0.39, 0.29) is 17.3 Å². The second-order valence-electron chi connectivity index (χ2n) is 5.45. The molecule has 0 radical (unpaired) electrons. The number of nitrogens with one attached hydrogen (secondary N) is 1. The molecule has 1 fully saturated rings. The van der Waals surface area contributed by atoms with Crippen molar-refractivity contribution in [2.24, 2.45) is 4.99 Å². The summed E-state index contributed by atoms with van der Waals surface area (Å²) in [5, 5.41) is 1.67. The molecule has 2 aliphatic rings. The number of nitrogens with zero attached hydrogens (tertiary/aromatic N) is 2. The van der Waals surface area contributed by atoms with Gasteiger partial charge in [0.05, 0.1) is 6.54 Å². The molecule has 1 aromatic carbocycles. The number of rotatable bonds is 2. The largest absolute Gasteiger partial charge is 0.442 e. The van der Waals surface area contributed by atoms with Crippen LogP contribution in [0, 0.1) is 6.92 Å². The molecular formula is C15H12F3N3O2S. The molecular weight excluding hydrogens is 343 g/mol. The fourth-order valence-electron chi connectivity index (χ4n) is 2.37. The third-order valence-electron chi connectivity index (χ3n) is 3.64. The van der Waals surface area contributed by atoms with Gasteiger partial charge >= 0.3 is 11.8 Å². The second kappa shape index (κ2) is 5.37. The first-order chi connectivity index (χ1) is 11.1. The number of alkyl halides is 3. The Morgan fingerprint density at radius 1 is 1.38 bits per heavy atom. The van der Waals surface area contributed by atoms with Crippen molar-refractivity contribution in [3.8, 4) is 0 Å². The number of benzene rings is 1. The van der Waals surface area contributed by atoms with Crippen molar-refractivity contribution in [3.63, 3.8) is 0 Å². The van der Waals surface area contributed by atoms with Crippen LogP contribution in [0.15, 0.2) is 40.7 Å². The Morgan fingerprint density at radius 2 is 2.00 bits per heavy atom. The second-order valence-corrected chi connectivity index (χ2v) is 6.60. The number of aliphatic imine (C=N–C) groups is 1. The highest BCUT2D eigenvalue weighted by atomic mass is 32.2. The zero-order valence-corrected chi connectivity index (χ0v) is 13.3. The average Bonchev–Trinajstić information content (AvgIpc) is 2.96. The van der Waals surface area contributed by atoms with Crippen molar-refractivity contribution in [1.29, 1.82) is 0 Å². The molecule has 0 saturated carbocycles. The lowest BCUT2D eigenvalue weighted by atomic mass is 10.1. The van der Waals surface area contributed by atoms with E-state index >= 15 is 0 Å². The fourth-order valence-corrected chi connectivity index (χ4v) is 3.26. The summed E-state index contributed by atoms with van der Waals surface area (Å²) >= 11 is 0.892. The summed E-state index contributed by atoms with van der Waals surface area (Å²) < 4.78 is 40.8. The van der Waals surface area contributed by atoms with Crippen LogP contribution in [0.5, 0.6) is 0 Å². The number of halogens is 3. The van der Waals surface area contributed by atoms with Crippen LogP contribution in [0.1, 0.15) is 15.9 Å². The van der Waals surface area contributed by atoms with E-state index in [1.54, 1.807) is 24.4 Å². The number of amides is 2. The number of hydrogen-bond donors (Lipinski definition) is 1. The SMILES string of the molecule is C=C1CN2C(=O)[C@@](NC(=O)c3ccc(C)cc3)(C(F)(F)F)N=C2S1. The molecule has 9 heteroatoms. The Morgan fingerprint density at radius 3 is 2.54 bits per heavy atom. The van der Waals surface area contributed by atoms with Crippen molar-refractivity contribution in [2.45, 2.75) is 18.8 Å². The molecule has 24 heavy (non-hydrogen) atoms. The Labute approximate surface area is 139 Å². The van der Waals surface area contributed by atoms with Crippen molar-refractivity contribution < 1.29 is 22.8 Å². The maximum Gasteiger partial charge on any atom is 0.442 e. The molecule has 126 valence electrons. The first-order valence-corrected chi connectivity index (χ1v) is 7.69. The van der Waals surface area contributed by atoms with Gasteiger partial charge in [-0.1, -0.05) is 36.0 Å². The van der Waals surface area contributed by atoms with Gasteiger partial charge in [-0.15, -0.1) is 0 Å². The fraction of sp³-hybridized carbons (Fsp3) is 0.267. The molecule has 0 spiro atoms. The highest BCUT2D eigenvalue weighted by molar-refractivity contribution is 8.17. The Bertz CT molecular complexity index is 773. The number of aryl methyl sites for hydroxylation is 1. The van der Waals surface area contributed by atoms with E-state index in [2.05, 4.69) is 11.6 Å². The molecule has 1 saturated heterocycles. The summed E-state index contributed by atoms with van der Waals surface area (Å²) in [6.45, 7) is 5.34. The standard InChI is InChI=1S/C15H12F3N3O2S/c1-8-3-5-10(6-4-8)11(22)19-14(15(16,17)18)12(23)21-7-9(2)24-13(21)20-14/h3-6H,2,7H2,1H3,(H,19,22)/t14-/m0/s1. The molecule has 0 unspecified atom stereocenters. The molecule has 2 aliphatic heterocycles. The van der Waals surface area contributed by atoms with E-state index < -0.39 is 23.7 Å². The van der Waals surface area contributed by atoms with Gasteiger partial charge in [-0.3, -0.25) is 14.5 Å². The third kappa shape index (κ3) is 2.48. The van der Waals surface area contributed by atoms with Crippen molar-refractivity contribution in [2.75, 3.05) is 6.54 Å². The molecule has 1 aromatic rings. The van der Waals surface area contributed by atoms with Gasteiger partial charge in [-0.05, 0) is 19.1 Å². The van der Waals surface area contributed by atoms with E-state index in [0.29, 0.717) is 4.91 Å². The third-order valence-corrected chi connectivity index (χ3v) is 4.55. The predicted octanol–water partition coefficient (Wildman–Crippen LogP) is 2.44. The molecule has 5 nitrogen and oxygen atoms in total. The quantitative estimate of drug-likeness (QED) is 0.886. The number of amidine groups is 1. The van der Waals surface area contributed by atoms with Gasteiger partial charge in [0, 0.05) is 10.5 Å². The monoisotopic (exact) mass is 355 g/mol. The number of carbonyl (C=O) groups excluding carboxylic acids is 2. The number of hydrogen-bond acceptors (Lipinski definition) is 4. The number of thioether (sulfide) groups is 1. The van der Waals surface area contributed by atoms with Gasteiger partial charge in [0.1, 0.15) is 0 Å². The normalized spacial score (nSPS) is 23.3. The number of fused-ring (bicyclic) bond motifs is 1. The average molecular weight is 355 g/mol. The van der Waals surface area contributed by atoms with Crippen molar-refractivity contribution >= 4 is 28.7 Å². The minimum Gasteiger partial charge on any atom is -0.312 e. The number of carbonyl (C=O) groups is 2. The first kappa shape index (κ1) is 16.6. The lowest BCUT2D eigenvalue weighted by Crippen LogP contribution is -2.63. The van der Waals surface area contributed by atoms with E-state index in [9.17, 15) is 22.8 Å². The summed E-state index contributed by atoms with van der Waals surface area (Å²) in [6, 6.07) is 5.96. The molecule has 2 heterocycles. The Kier molecular flexibility index (Phi) is 3.71. The van der Waals surface area contributed by atoms with Crippen LogP contribution in [-0.2, 0) is 4.79 Å². The summed E-state index contributed by atoms with van der Waals surface area (Å²) in [5.41, 5.74) is -2.43. The highest BCUT2D eigenvalue weighted by Crippen LogP contribution is 2.43. The zero-order chi connectivity index (χ0) is 17.7. The van der Waals surface area contributed by atoms with Gasteiger partial charge in [0.25, 0.3) is 11.8 Å². The predicted molar refractivity (Wildman–Crippen MR) is 83.3 cm³/mol. The minimum atomic E-state index is -5.07. The zero-order valence-electron chi connectivity index (χ0n) is 12.5. The van der Waals surface area contributed by atoms with Crippen LogP contribution in [0.3, 0.4) is 0 Å². The maximum atomic E-state index is 13.6. The van der Waals surface area contributed by atoms with E-state index in [0.717, 1.165) is 22.2 Å². The van der Waals surface area contributed by atoms with Gasteiger partial charge in [0.2, 0.25) is 0 Å².